The Hall–Kier alpha value is -1.06. The topological polar surface area (TPSA) is 38.5 Å². The summed E-state index contributed by atoms with van der Waals surface area (Å²) in [5.41, 5.74) is 6.81. The van der Waals surface area contributed by atoms with Crippen LogP contribution in [-0.2, 0) is 6.54 Å². The van der Waals surface area contributed by atoms with Crippen LogP contribution in [0.1, 0.15) is 38.2 Å². The molecule has 0 radical (unpaired) electrons. The van der Waals surface area contributed by atoms with Crippen LogP contribution in [0.3, 0.4) is 0 Å². The Morgan fingerprint density at radius 1 is 1.25 bits per heavy atom. The van der Waals surface area contributed by atoms with Crippen molar-refractivity contribution in [2.45, 2.75) is 39.2 Å². The number of ether oxygens (including phenoxy) is 1. The summed E-state index contributed by atoms with van der Waals surface area (Å²) in [6.45, 7) is 7.35. The highest BCUT2D eigenvalue weighted by Gasteiger charge is 2.13. The third kappa shape index (κ3) is 4.80. The molecule has 20 heavy (non-hydrogen) atoms. The van der Waals surface area contributed by atoms with E-state index in [9.17, 15) is 0 Å². The van der Waals surface area contributed by atoms with Crippen molar-refractivity contribution in [3.8, 4) is 5.75 Å². The fraction of sp³-hybridized carbons (Fsp3) is 0.647. The Balaban J connectivity index is 1.68. The van der Waals surface area contributed by atoms with E-state index in [-0.39, 0.29) is 0 Å². The first-order valence-corrected chi connectivity index (χ1v) is 7.92. The number of nitrogens with zero attached hydrogens (tertiary/aromatic N) is 1. The number of nitrogens with two attached hydrogens (primary N) is 1. The molecule has 0 spiro atoms. The summed E-state index contributed by atoms with van der Waals surface area (Å²) in [6.07, 6.45) is 5.17. The standard InChI is InChI=1S/C17H28N2O/c1-15-6-4-10-19(12-9-15)11-5-13-20-17-8-3-2-7-16(17)14-18/h2-3,7-8,15H,4-6,9-14,18H2,1H3. The molecule has 0 saturated carbocycles. The van der Waals surface area contributed by atoms with Gasteiger partial charge in [-0.15, -0.1) is 0 Å². The van der Waals surface area contributed by atoms with Crippen molar-refractivity contribution in [1.29, 1.82) is 0 Å². The van der Waals surface area contributed by atoms with Gasteiger partial charge in [0.1, 0.15) is 5.75 Å². The van der Waals surface area contributed by atoms with Crippen LogP contribution < -0.4 is 10.5 Å². The van der Waals surface area contributed by atoms with Gasteiger partial charge in [0.05, 0.1) is 6.61 Å². The van der Waals surface area contributed by atoms with E-state index in [4.69, 9.17) is 10.5 Å². The van der Waals surface area contributed by atoms with E-state index in [1.807, 2.05) is 24.3 Å². The van der Waals surface area contributed by atoms with Gasteiger partial charge in [-0.25, -0.2) is 0 Å². The van der Waals surface area contributed by atoms with E-state index >= 15 is 0 Å². The lowest BCUT2D eigenvalue weighted by molar-refractivity contribution is 0.237. The predicted octanol–water partition coefficient (Wildman–Crippen LogP) is 3.04. The van der Waals surface area contributed by atoms with E-state index < -0.39 is 0 Å². The van der Waals surface area contributed by atoms with Gasteiger partial charge in [-0.05, 0) is 50.8 Å². The maximum absolute atomic E-state index is 5.86. The largest absolute Gasteiger partial charge is 0.493 e. The highest BCUT2D eigenvalue weighted by atomic mass is 16.5. The van der Waals surface area contributed by atoms with Gasteiger partial charge in [0.25, 0.3) is 0 Å². The lowest BCUT2D eigenvalue weighted by atomic mass is 10.0. The Morgan fingerprint density at radius 3 is 2.95 bits per heavy atom. The molecule has 1 unspecified atom stereocenters. The van der Waals surface area contributed by atoms with Gasteiger partial charge < -0.3 is 15.4 Å². The van der Waals surface area contributed by atoms with Crippen LogP contribution in [0.4, 0.5) is 0 Å². The molecule has 1 fully saturated rings. The van der Waals surface area contributed by atoms with E-state index in [2.05, 4.69) is 11.8 Å². The lowest BCUT2D eigenvalue weighted by Crippen LogP contribution is -2.27. The Kier molecular flexibility index (Phi) is 6.34. The molecule has 1 saturated heterocycles. The Morgan fingerprint density at radius 2 is 2.10 bits per heavy atom. The zero-order chi connectivity index (χ0) is 14.2. The van der Waals surface area contributed by atoms with Crippen LogP contribution in [-0.4, -0.2) is 31.1 Å². The minimum absolute atomic E-state index is 0.542. The number of rotatable bonds is 6. The fourth-order valence-corrected chi connectivity index (χ4v) is 2.83. The molecule has 3 nitrogen and oxygen atoms in total. The Labute approximate surface area is 123 Å². The average molecular weight is 276 g/mol. The molecule has 1 aliphatic heterocycles. The fourth-order valence-electron chi connectivity index (χ4n) is 2.83. The molecule has 2 rings (SSSR count). The molecule has 3 heteroatoms. The van der Waals surface area contributed by atoms with Crippen molar-refractivity contribution in [2.75, 3.05) is 26.2 Å². The zero-order valence-electron chi connectivity index (χ0n) is 12.7. The monoisotopic (exact) mass is 276 g/mol. The van der Waals surface area contributed by atoms with E-state index in [1.165, 1.54) is 32.4 Å². The van der Waals surface area contributed by atoms with Crippen molar-refractivity contribution in [3.63, 3.8) is 0 Å². The molecule has 0 amide bonds. The van der Waals surface area contributed by atoms with E-state index in [0.29, 0.717) is 6.54 Å². The number of para-hydroxylation sites is 1. The summed E-state index contributed by atoms with van der Waals surface area (Å²) in [4.78, 5) is 2.59. The first-order valence-electron chi connectivity index (χ1n) is 7.92. The van der Waals surface area contributed by atoms with Gasteiger partial charge in [0.2, 0.25) is 0 Å². The molecule has 0 aliphatic carbocycles. The smallest absolute Gasteiger partial charge is 0.123 e. The highest BCUT2D eigenvalue weighted by Crippen LogP contribution is 2.18. The normalized spacial score (nSPS) is 20.6. The third-order valence-electron chi connectivity index (χ3n) is 4.18. The maximum atomic E-state index is 5.86. The van der Waals surface area contributed by atoms with Gasteiger partial charge in [0, 0.05) is 18.7 Å². The van der Waals surface area contributed by atoms with Crippen LogP contribution in [0.2, 0.25) is 0 Å². The van der Waals surface area contributed by atoms with Gasteiger partial charge in [-0.3, -0.25) is 0 Å². The predicted molar refractivity (Wildman–Crippen MR) is 83.9 cm³/mol. The quantitative estimate of drug-likeness (QED) is 0.812. The van der Waals surface area contributed by atoms with Crippen LogP contribution in [0.15, 0.2) is 24.3 Å². The minimum Gasteiger partial charge on any atom is -0.493 e. The number of likely N-dealkylation sites (tertiary alicyclic amines) is 1. The molecule has 112 valence electrons. The third-order valence-corrected chi connectivity index (χ3v) is 4.18. The highest BCUT2D eigenvalue weighted by molar-refractivity contribution is 5.32. The molecule has 1 atom stereocenters. The number of benzene rings is 1. The van der Waals surface area contributed by atoms with E-state index in [0.717, 1.165) is 36.8 Å². The first-order chi connectivity index (χ1) is 9.79. The van der Waals surface area contributed by atoms with Crippen LogP contribution >= 0.6 is 0 Å². The molecule has 1 aromatic carbocycles. The van der Waals surface area contributed by atoms with Gasteiger partial charge in [-0.2, -0.15) is 0 Å². The van der Waals surface area contributed by atoms with Crippen LogP contribution in [0, 0.1) is 5.92 Å². The first kappa shape index (κ1) is 15.3. The number of hydrogen-bond acceptors (Lipinski definition) is 3. The second kappa shape index (κ2) is 8.28. The van der Waals surface area contributed by atoms with Crippen molar-refractivity contribution < 1.29 is 4.74 Å². The summed E-state index contributed by atoms with van der Waals surface area (Å²) in [5.74, 6) is 1.84. The van der Waals surface area contributed by atoms with Crippen molar-refractivity contribution in [3.05, 3.63) is 29.8 Å². The zero-order valence-corrected chi connectivity index (χ0v) is 12.7. The second-order valence-corrected chi connectivity index (χ2v) is 5.89. The summed E-state index contributed by atoms with van der Waals surface area (Å²) in [5, 5.41) is 0. The second-order valence-electron chi connectivity index (χ2n) is 5.89. The van der Waals surface area contributed by atoms with Gasteiger partial charge >= 0.3 is 0 Å². The molecule has 1 aromatic rings. The molecular formula is C17H28N2O. The molecule has 0 aromatic heterocycles. The summed E-state index contributed by atoms with van der Waals surface area (Å²) in [7, 11) is 0. The molecular weight excluding hydrogens is 248 g/mol. The van der Waals surface area contributed by atoms with Crippen LogP contribution in [0.5, 0.6) is 5.75 Å². The summed E-state index contributed by atoms with van der Waals surface area (Å²) in [6, 6.07) is 8.06. The minimum atomic E-state index is 0.542. The summed E-state index contributed by atoms with van der Waals surface area (Å²) < 4.78 is 5.86. The lowest BCUT2D eigenvalue weighted by Gasteiger charge is -2.20. The van der Waals surface area contributed by atoms with Gasteiger partial charge in [0.15, 0.2) is 0 Å². The molecule has 0 bridgehead atoms. The van der Waals surface area contributed by atoms with Crippen LogP contribution in [0.25, 0.3) is 0 Å². The summed E-state index contributed by atoms with van der Waals surface area (Å²) >= 11 is 0. The maximum Gasteiger partial charge on any atom is 0.123 e. The molecule has 2 N–H and O–H groups in total. The van der Waals surface area contributed by atoms with Crippen molar-refractivity contribution in [1.82, 2.24) is 4.90 Å². The van der Waals surface area contributed by atoms with Gasteiger partial charge in [-0.1, -0.05) is 25.1 Å². The SMILES string of the molecule is CC1CCCN(CCCOc2ccccc2CN)CC1. The molecule has 1 heterocycles. The average Bonchev–Trinajstić information content (AvgIpc) is 2.69. The number of hydrogen-bond donors (Lipinski definition) is 1. The van der Waals surface area contributed by atoms with Crippen molar-refractivity contribution >= 4 is 0 Å². The Bertz CT molecular complexity index is 394. The van der Waals surface area contributed by atoms with E-state index in [1.54, 1.807) is 0 Å². The van der Waals surface area contributed by atoms with Crippen molar-refractivity contribution in [2.24, 2.45) is 11.7 Å². The molecule has 1 aliphatic rings.